The van der Waals surface area contributed by atoms with Crippen LogP contribution in [0.15, 0.2) is 0 Å². The van der Waals surface area contributed by atoms with E-state index in [9.17, 15) is 22.8 Å². The smallest absolute Gasteiger partial charge is 0.326 e. The van der Waals surface area contributed by atoms with Gasteiger partial charge in [0.05, 0.1) is 6.42 Å². The van der Waals surface area contributed by atoms with Gasteiger partial charge in [0.1, 0.15) is 0 Å². The molecule has 3 amide bonds. The average molecular weight is 283 g/mol. The maximum atomic E-state index is 11.9. The lowest BCUT2D eigenvalue weighted by molar-refractivity contribution is -0.136. The number of alkyl halides is 3. The fraction of sp³-hybridized carbons (Fsp3) is 0.818. The predicted octanol–water partition coefficient (Wildman–Crippen LogP) is 2.05. The van der Waals surface area contributed by atoms with E-state index in [1.807, 2.05) is 13.8 Å². The molecule has 0 aromatic heterocycles. The Morgan fingerprint density at radius 3 is 2.26 bits per heavy atom. The van der Waals surface area contributed by atoms with Crippen LogP contribution in [0.1, 0.15) is 33.1 Å². The van der Waals surface area contributed by atoms with Crippen molar-refractivity contribution in [2.24, 2.45) is 5.92 Å². The van der Waals surface area contributed by atoms with Crippen LogP contribution in [-0.4, -0.2) is 36.6 Å². The molecule has 0 bridgehead atoms. The molecule has 0 saturated heterocycles. The molecule has 2 N–H and O–H groups in total. The molecule has 0 aliphatic heterocycles. The van der Waals surface area contributed by atoms with Crippen LogP contribution in [-0.2, 0) is 4.79 Å². The van der Waals surface area contributed by atoms with Crippen molar-refractivity contribution in [1.29, 1.82) is 0 Å². The molecular weight excluding hydrogens is 263 g/mol. The predicted molar refractivity (Wildman–Crippen MR) is 64.0 cm³/mol. The summed E-state index contributed by atoms with van der Waals surface area (Å²) < 4.78 is 35.8. The molecule has 0 aromatic carbocycles. The second kappa shape index (κ2) is 7.85. The van der Waals surface area contributed by atoms with Gasteiger partial charge in [-0.15, -0.1) is 0 Å². The summed E-state index contributed by atoms with van der Waals surface area (Å²) in [7, 11) is 1.22. The van der Waals surface area contributed by atoms with E-state index >= 15 is 0 Å². The van der Waals surface area contributed by atoms with E-state index in [0.29, 0.717) is 12.3 Å². The number of urea groups is 1. The first-order valence-corrected chi connectivity index (χ1v) is 5.98. The van der Waals surface area contributed by atoms with Crippen molar-refractivity contribution in [1.82, 2.24) is 15.8 Å². The Morgan fingerprint density at radius 1 is 1.21 bits per heavy atom. The summed E-state index contributed by atoms with van der Waals surface area (Å²) in [5, 5.41) is 0. The zero-order valence-electron chi connectivity index (χ0n) is 11.3. The lowest BCUT2D eigenvalue weighted by Gasteiger charge is -2.19. The highest BCUT2D eigenvalue weighted by Crippen LogP contribution is 2.19. The van der Waals surface area contributed by atoms with Crippen molar-refractivity contribution in [3.05, 3.63) is 0 Å². The van der Waals surface area contributed by atoms with Gasteiger partial charge in [-0.1, -0.05) is 13.8 Å². The Bertz CT molecular complexity index is 306. The number of amides is 3. The van der Waals surface area contributed by atoms with Gasteiger partial charge in [-0.25, -0.2) is 10.2 Å². The molecule has 0 aliphatic rings. The van der Waals surface area contributed by atoms with Crippen LogP contribution >= 0.6 is 0 Å². The van der Waals surface area contributed by atoms with E-state index in [0.717, 1.165) is 4.90 Å². The Labute approximate surface area is 110 Å². The van der Waals surface area contributed by atoms with Gasteiger partial charge in [0, 0.05) is 20.0 Å². The highest BCUT2D eigenvalue weighted by atomic mass is 19.4. The van der Waals surface area contributed by atoms with Crippen LogP contribution in [0.3, 0.4) is 0 Å². The Hall–Kier alpha value is -1.47. The minimum atomic E-state index is -4.31. The second-order valence-electron chi connectivity index (χ2n) is 4.70. The van der Waals surface area contributed by atoms with Crippen LogP contribution in [0.25, 0.3) is 0 Å². The molecule has 112 valence electrons. The van der Waals surface area contributed by atoms with Gasteiger partial charge in [0.2, 0.25) is 5.91 Å². The molecule has 5 nitrogen and oxygen atoms in total. The standard InChI is InChI=1S/C11H20F3N3O2/c1-8(2)4-5-9(18)15-16-10(19)17(3)7-6-11(12,13)14/h8H,4-7H2,1-3H3,(H,15,18)(H,16,19). The monoisotopic (exact) mass is 283 g/mol. The number of nitrogens with one attached hydrogen (secondary N) is 2. The van der Waals surface area contributed by atoms with Gasteiger partial charge < -0.3 is 4.90 Å². The van der Waals surface area contributed by atoms with Gasteiger partial charge in [-0.05, 0) is 12.3 Å². The Balaban J connectivity index is 3.87. The van der Waals surface area contributed by atoms with E-state index in [4.69, 9.17) is 0 Å². The van der Waals surface area contributed by atoms with Gasteiger partial charge >= 0.3 is 12.2 Å². The number of carbonyl (C=O) groups excluding carboxylic acids is 2. The third kappa shape index (κ3) is 10.2. The molecule has 0 heterocycles. The summed E-state index contributed by atoms with van der Waals surface area (Å²) >= 11 is 0. The number of nitrogens with zero attached hydrogens (tertiary/aromatic N) is 1. The molecule has 0 fully saturated rings. The van der Waals surface area contributed by atoms with Crippen molar-refractivity contribution >= 4 is 11.9 Å². The molecule has 19 heavy (non-hydrogen) atoms. The maximum Gasteiger partial charge on any atom is 0.390 e. The van der Waals surface area contributed by atoms with Crippen LogP contribution in [0.4, 0.5) is 18.0 Å². The van der Waals surface area contributed by atoms with E-state index in [1.54, 1.807) is 0 Å². The third-order valence-corrected chi connectivity index (χ3v) is 2.33. The van der Waals surface area contributed by atoms with Crippen LogP contribution in [0.5, 0.6) is 0 Å². The molecule has 0 unspecified atom stereocenters. The van der Waals surface area contributed by atoms with Gasteiger partial charge in [-0.3, -0.25) is 10.2 Å². The van der Waals surface area contributed by atoms with Crippen molar-refractivity contribution < 1.29 is 22.8 Å². The van der Waals surface area contributed by atoms with Crippen molar-refractivity contribution in [2.75, 3.05) is 13.6 Å². The lowest BCUT2D eigenvalue weighted by atomic mass is 10.1. The number of hydrazine groups is 1. The summed E-state index contributed by atoms with van der Waals surface area (Å²) in [4.78, 5) is 23.5. The number of hydrogen-bond donors (Lipinski definition) is 2. The summed E-state index contributed by atoms with van der Waals surface area (Å²) in [5.41, 5.74) is 4.22. The fourth-order valence-electron chi connectivity index (χ4n) is 1.10. The topological polar surface area (TPSA) is 61.4 Å². The summed E-state index contributed by atoms with van der Waals surface area (Å²) in [6.07, 6.45) is -4.47. The maximum absolute atomic E-state index is 11.9. The summed E-state index contributed by atoms with van der Waals surface area (Å²) in [5.74, 6) is -0.0119. The first kappa shape index (κ1) is 17.5. The molecule has 0 saturated carbocycles. The minimum absolute atomic E-state index is 0.254. The average Bonchev–Trinajstić information content (AvgIpc) is 2.29. The van der Waals surface area contributed by atoms with Crippen LogP contribution < -0.4 is 10.9 Å². The van der Waals surface area contributed by atoms with Crippen molar-refractivity contribution in [2.45, 2.75) is 39.3 Å². The molecular formula is C11H20F3N3O2. The Morgan fingerprint density at radius 2 is 1.79 bits per heavy atom. The van der Waals surface area contributed by atoms with E-state index < -0.39 is 25.2 Å². The summed E-state index contributed by atoms with van der Waals surface area (Å²) in [6, 6.07) is -0.776. The van der Waals surface area contributed by atoms with Gasteiger partial charge in [0.25, 0.3) is 0 Å². The SMILES string of the molecule is CC(C)CCC(=O)NNC(=O)N(C)CCC(F)(F)F. The number of rotatable bonds is 5. The van der Waals surface area contributed by atoms with Crippen molar-refractivity contribution in [3.8, 4) is 0 Å². The first-order chi connectivity index (χ1) is 8.61. The number of hydrogen-bond acceptors (Lipinski definition) is 2. The van der Waals surface area contributed by atoms with E-state index in [-0.39, 0.29) is 12.3 Å². The normalized spacial score (nSPS) is 11.3. The summed E-state index contributed by atoms with van der Waals surface area (Å²) in [6.45, 7) is 3.45. The highest BCUT2D eigenvalue weighted by Gasteiger charge is 2.28. The third-order valence-electron chi connectivity index (χ3n) is 2.33. The quantitative estimate of drug-likeness (QED) is 0.759. The zero-order chi connectivity index (χ0) is 15.1. The van der Waals surface area contributed by atoms with E-state index in [2.05, 4.69) is 10.9 Å². The van der Waals surface area contributed by atoms with E-state index in [1.165, 1.54) is 7.05 Å². The second-order valence-corrected chi connectivity index (χ2v) is 4.70. The van der Waals surface area contributed by atoms with Crippen LogP contribution in [0, 0.1) is 5.92 Å². The lowest BCUT2D eigenvalue weighted by Crippen LogP contribution is -2.48. The zero-order valence-corrected chi connectivity index (χ0v) is 11.3. The Kier molecular flexibility index (Phi) is 7.25. The molecule has 0 rings (SSSR count). The molecule has 0 aliphatic carbocycles. The molecule has 8 heteroatoms. The van der Waals surface area contributed by atoms with Crippen molar-refractivity contribution in [3.63, 3.8) is 0 Å². The molecule has 0 spiro atoms. The first-order valence-electron chi connectivity index (χ1n) is 5.98. The van der Waals surface area contributed by atoms with Crippen LogP contribution in [0.2, 0.25) is 0 Å². The van der Waals surface area contributed by atoms with Gasteiger partial charge in [-0.2, -0.15) is 13.2 Å². The number of halogens is 3. The largest absolute Gasteiger partial charge is 0.390 e. The fourth-order valence-corrected chi connectivity index (χ4v) is 1.10. The highest BCUT2D eigenvalue weighted by molar-refractivity contribution is 5.80. The molecule has 0 atom stereocenters. The molecule has 0 aromatic rings. The molecule has 0 radical (unpaired) electrons. The minimum Gasteiger partial charge on any atom is -0.326 e. The van der Waals surface area contributed by atoms with Gasteiger partial charge in [0.15, 0.2) is 0 Å². The number of carbonyl (C=O) groups is 2.